The van der Waals surface area contributed by atoms with Crippen LogP contribution in [-0.4, -0.2) is 143 Å². The highest BCUT2D eigenvalue weighted by molar-refractivity contribution is 5.95. The topological polar surface area (TPSA) is 405 Å². The summed E-state index contributed by atoms with van der Waals surface area (Å²) < 4.78 is 0. The first-order valence-corrected chi connectivity index (χ1v) is 16.2. The largest absolute Gasteiger partial charge is 0.481 e. The third-order valence-corrected chi connectivity index (χ3v) is 6.94. The van der Waals surface area contributed by atoms with Crippen LogP contribution >= 0.6 is 0 Å². The highest BCUT2D eigenvalue weighted by Crippen LogP contribution is 2.05. The lowest BCUT2D eigenvalue weighted by Gasteiger charge is -2.22. The van der Waals surface area contributed by atoms with Gasteiger partial charge in [0.05, 0.1) is 26.2 Å². The fourth-order valence-corrected chi connectivity index (χ4v) is 4.20. The van der Waals surface area contributed by atoms with Crippen molar-refractivity contribution in [1.82, 2.24) is 37.2 Å². The Morgan fingerprint density at radius 1 is 0.434 bits per heavy atom. The number of amides is 7. The molecule has 0 spiro atoms. The van der Waals surface area contributed by atoms with Crippen molar-refractivity contribution < 1.29 is 73.2 Å². The van der Waals surface area contributed by atoms with Crippen LogP contribution in [-0.2, 0) is 52.7 Å². The Kier molecular flexibility index (Phi) is 23.1. The molecule has 4 atom stereocenters. The zero-order chi connectivity index (χ0) is 40.5. The molecule has 298 valence electrons. The lowest BCUT2D eigenvalue weighted by atomic mass is 10.1. The number of hydrogen-bond donors (Lipinski definition) is 13. The SMILES string of the molecule is NCCCC[C@H](NC(=O)[C@H](CCC(=O)O)NC(=O)CNC(=O)[C@H](CCC(=O)O)NC(=O)CNC(=O)CNC(=O)[C@H](CCC(=O)O)NC(=O)CN)C(=O)O. The molecule has 15 N–H and O–H groups in total. The monoisotopic (exact) mass is 761 g/mol. The van der Waals surface area contributed by atoms with Crippen LogP contribution in [0.3, 0.4) is 0 Å². The molecule has 0 saturated heterocycles. The van der Waals surface area contributed by atoms with Crippen LogP contribution in [0.25, 0.3) is 0 Å². The van der Waals surface area contributed by atoms with Crippen LogP contribution in [0.5, 0.6) is 0 Å². The molecule has 0 rings (SSSR count). The number of nitrogens with one attached hydrogen (secondary N) is 7. The van der Waals surface area contributed by atoms with Crippen LogP contribution in [0.4, 0.5) is 0 Å². The van der Waals surface area contributed by atoms with Crippen LogP contribution in [0.2, 0.25) is 0 Å². The summed E-state index contributed by atoms with van der Waals surface area (Å²) in [6.07, 6.45) is -2.12. The van der Waals surface area contributed by atoms with Crippen LogP contribution in [0.15, 0.2) is 0 Å². The molecule has 0 fully saturated rings. The molecule has 53 heavy (non-hydrogen) atoms. The minimum atomic E-state index is -1.56. The van der Waals surface area contributed by atoms with Gasteiger partial charge in [-0.05, 0) is 45.1 Å². The van der Waals surface area contributed by atoms with E-state index >= 15 is 0 Å². The molecular formula is C29H47N9O15. The number of rotatable bonds is 28. The third-order valence-electron chi connectivity index (χ3n) is 6.94. The first-order valence-electron chi connectivity index (χ1n) is 16.2. The average Bonchev–Trinajstić information content (AvgIpc) is 3.09. The first-order chi connectivity index (χ1) is 24.9. The zero-order valence-electron chi connectivity index (χ0n) is 28.6. The second-order valence-corrected chi connectivity index (χ2v) is 11.3. The smallest absolute Gasteiger partial charge is 0.326 e. The minimum Gasteiger partial charge on any atom is -0.481 e. The second-order valence-electron chi connectivity index (χ2n) is 11.3. The summed E-state index contributed by atoms with van der Waals surface area (Å²) in [7, 11) is 0. The van der Waals surface area contributed by atoms with Gasteiger partial charge >= 0.3 is 23.9 Å². The highest BCUT2D eigenvalue weighted by atomic mass is 16.4. The van der Waals surface area contributed by atoms with Crippen molar-refractivity contribution in [1.29, 1.82) is 0 Å². The Morgan fingerprint density at radius 3 is 1.23 bits per heavy atom. The van der Waals surface area contributed by atoms with E-state index in [0.717, 1.165) is 0 Å². The lowest BCUT2D eigenvalue weighted by Crippen LogP contribution is -2.55. The predicted molar refractivity (Wildman–Crippen MR) is 177 cm³/mol. The Morgan fingerprint density at radius 2 is 0.830 bits per heavy atom. The molecule has 0 aliphatic heterocycles. The molecule has 24 nitrogen and oxygen atoms in total. The molecule has 0 unspecified atom stereocenters. The summed E-state index contributed by atoms with van der Waals surface area (Å²) in [5.74, 6) is -12.0. The molecule has 0 aromatic carbocycles. The van der Waals surface area contributed by atoms with Crippen LogP contribution < -0.4 is 48.7 Å². The van der Waals surface area contributed by atoms with E-state index < -0.39 is 148 Å². The standard InChI is InChI=1S/C29H47N9O15/c30-10-2-1-3-18(29(52)53)38-28(51)17(6-9-25(47)48)37-22(42)14-34-27(50)16(5-8-24(45)46)36-21(41)13-32-20(40)12-33-26(49)15(4-7-23(43)44)35-19(39)11-31/h15-18H,1-14,30-31H2,(H,32,40)(H,33,49)(H,34,50)(H,35,39)(H,36,41)(H,37,42)(H,38,51)(H,43,44)(H,45,46)(H,47,48)(H,52,53)/t15-,16-,17-,18-/m0/s1. The van der Waals surface area contributed by atoms with E-state index in [1.165, 1.54) is 0 Å². The van der Waals surface area contributed by atoms with Gasteiger partial charge in [0, 0.05) is 19.3 Å². The summed E-state index contributed by atoms with van der Waals surface area (Å²) >= 11 is 0. The van der Waals surface area contributed by atoms with E-state index in [9.17, 15) is 57.8 Å². The maximum absolute atomic E-state index is 12.8. The fourth-order valence-electron chi connectivity index (χ4n) is 4.20. The molecule has 0 aromatic heterocycles. The minimum absolute atomic E-state index is 0.00470. The third kappa shape index (κ3) is 22.5. The van der Waals surface area contributed by atoms with Gasteiger partial charge in [-0.1, -0.05) is 0 Å². The summed E-state index contributed by atoms with van der Waals surface area (Å²) in [6, 6.07) is -5.77. The van der Waals surface area contributed by atoms with Gasteiger partial charge in [0.2, 0.25) is 41.4 Å². The Labute approximate surface area is 301 Å². The van der Waals surface area contributed by atoms with E-state index in [2.05, 4.69) is 37.2 Å². The maximum atomic E-state index is 12.8. The quantitative estimate of drug-likeness (QED) is 0.0330. The number of hydrogen-bond acceptors (Lipinski definition) is 13. The van der Waals surface area contributed by atoms with Crippen molar-refractivity contribution in [2.24, 2.45) is 11.5 Å². The summed E-state index contributed by atoms with van der Waals surface area (Å²) in [5, 5.41) is 51.6. The van der Waals surface area contributed by atoms with Crippen molar-refractivity contribution in [3.63, 3.8) is 0 Å². The Balaban J connectivity index is 5.30. The lowest BCUT2D eigenvalue weighted by molar-refractivity contribution is -0.143. The van der Waals surface area contributed by atoms with Gasteiger partial charge in [0.25, 0.3) is 0 Å². The number of carbonyl (C=O) groups excluding carboxylic acids is 7. The van der Waals surface area contributed by atoms with Crippen molar-refractivity contribution in [2.75, 3.05) is 32.7 Å². The van der Waals surface area contributed by atoms with Gasteiger partial charge in [-0.25, -0.2) is 4.79 Å². The number of nitrogens with two attached hydrogens (primary N) is 2. The van der Waals surface area contributed by atoms with Crippen molar-refractivity contribution in [3.05, 3.63) is 0 Å². The molecule has 0 aromatic rings. The zero-order valence-corrected chi connectivity index (χ0v) is 28.6. The Hall–Kier alpha value is -5.91. The predicted octanol–water partition coefficient (Wildman–Crippen LogP) is -5.96. The highest BCUT2D eigenvalue weighted by Gasteiger charge is 2.28. The van der Waals surface area contributed by atoms with Crippen molar-refractivity contribution in [2.45, 2.75) is 82.0 Å². The Bertz CT molecular complexity index is 1340. The van der Waals surface area contributed by atoms with Crippen LogP contribution in [0.1, 0.15) is 57.8 Å². The normalized spacial score (nSPS) is 12.7. The van der Waals surface area contributed by atoms with Gasteiger partial charge in [0.15, 0.2) is 0 Å². The maximum Gasteiger partial charge on any atom is 0.326 e. The van der Waals surface area contributed by atoms with Crippen molar-refractivity contribution in [3.8, 4) is 0 Å². The van der Waals surface area contributed by atoms with Gasteiger partial charge < -0.3 is 69.1 Å². The van der Waals surface area contributed by atoms with Gasteiger partial charge in [-0.3, -0.25) is 47.9 Å². The molecule has 0 radical (unpaired) electrons. The summed E-state index contributed by atoms with van der Waals surface area (Å²) in [4.78, 5) is 131. The van der Waals surface area contributed by atoms with Crippen LogP contribution in [0, 0.1) is 0 Å². The van der Waals surface area contributed by atoms with Gasteiger partial charge in [-0.15, -0.1) is 0 Å². The first kappa shape index (κ1) is 47.1. The van der Waals surface area contributed by atoms with Crippen molar-refractivity contribution >= 4 is 65.2 Å². The fraction of sp³-hybridized carbons (Fsp3) is 0.621. The number of carbonyl (C=O) groups is 11. The van der Waals surface area contributed by atoms with E-state index in [1.54, 1.807) is 0 Å². The molecule has 0 aliphatic rings. The second kappa shape index (κ2) is 26.0. The van der Waals surface area contributed by atoms with E-state index in [4.69, 9.17) is 26.8 Å². The van der Waals surface area contributed by atoms with Gasteiger partial charge in [0.1, 0.15) is 24.2 Å². The molecule has 0 aliphatic carbocycles. The molecule has 0 bridgehead atoms. The number of aliphatic carboxylic acids is 4. The van der Waals surface area contributed by atoms with E-state index in [1.807, 2.05) is 0 Å². The molecule has 7 amide bonds. The average molecular weight is 762 g/mol. The summed E-state index contributed by atoms with van der Waals surface area (Å²) in [6.45, 7) is -2.55. The molecule has 0 saturated carbocycles. The molecule has 24 heteroatoms. The van der Waals surface area contributed by atoms with E-state index in [-0.39, 0.29) is 19.4 Å². The molecule has 0 heterocycles. The number of carboxylic acid groups (broad SMARTS) is 4. The number of carboxylic acids is 4. The molecular weight excluding hydrogens is 714 g/mol. The number of unbranched alkanes of at least 4 members (excludes halogenated alkanes) is 1. The van der Waals surface area contributed by atoms with E-state index in [0.29, 0.717) is 12.8 Å². The summed E-state index contributed by atoms with van der Waals surface area (Å²) in [5.41, 5.74) is 10.6. The van der Waals surface area contributed by atoms with Gasteiger partial charge in [-0.2, -0.15) is 0 Å².